The van der Waals surface area contributed by atoms with Gasteiger partial charge in [-0.25, -0.2) is 0 Å². The van der Waals surface area contributed by atoms with Gasteiger partial charge in [0.2, 0.25) is 5.91 Å². The molecule has 0 heterocycles. The van der Waals surface area contributed by atoms with Gasteiger partial charge in [-0.15, -0.1) is 0 Å². The van der Waals surface area contributed by atoms with Crippen LogP contribution in [0.4, 0.5) is 0 Å². The molecule has 400 valence electrons. The number of rotatable bonds is 19. The van der Waals surface area contributed by atoms with Gasteiger partial charge in [-0.3, -0.25) is 14.4 Å². The number of Topliss-reactive ketones (excluding diaryl/α,β-unsaturated/α-hetero) is 1. The smallest absolute Gasteiger partial charge is 0.306 e. The molecule has 0 saturated heterocycles. The van der Waals surface area contributed by atoms with Gasteiger partial charge in [0, 0.05) is 48.2 Å². The number of benzene rings is 5. The molecule has 5 aromatic carbocycles. The average molecular weight is 1280 g/mol. The number of halogens is 4. The van der Waals surface area contributed by atoms with E-state index in [2.05, 4.69) is 95.1 Å². The Hall–Kier alpha value is -5.82. The average Bonchev–Trinajstić information content (AvgIpc) is 3.39. The summed E-state index contributed by atoms with van der Waals surface area (Å²) in [7, 11) is 0. The summed E-state index contributed by atoms with van der Waals surface area (Å²) in [6.45, 7) is 23.7. The molecule has 10 nitrogen and oxygen atoms in total. The highest BCUT2D eigenvalue weighted by Gasteiger charge is 2.12. The Morgan fingerprint density at radius 2 is 0.827 bits per heavy atom. The van der Waals surface area contributed by atoms with Crippen molar-refractivity contribution in [3.63, 3.8) is 0 Å². The van der Waals surface area contributed by atoms with Gasteiger partial charge in [-0.05, 0) is 138 Å². The number of hydrogen-bond acceptors (Lipinski definition) is 8. The zero-order valence-electron chi connectivity index (χ0n) is 44.4. The number of carbonyl (C=O) groups is 3. The van der Waals surface area contributed by atoms with Crippen molar-refractivity contribution in [1.82, 2.24) is 0 Å². The predicted molar refractivity (Wildman–Crippen MR) is 319 cm³/mol. The second-order valence-corrected chi connectivity index (χ2v) is 20.8. The number of nitriles is 3. The first-order chi connectivity index (χ1) is 35.5. The molecule has 0 saturated carbocycles. The minimum Gasteiger partial charge on any atom is -0.499 e. The number of hydrogen-bond donors (Lipinski definition) is 2. The van der Waals surface area contributed by atoms with Crippen LogP contribution in [0.2, 0.25) is 0 Å². The van der Waals surface area contributed by atoms with Gasteiger partial charge in [-0.2, -0.15) is 15.8 Å². The molecule has 5 aromatic rings. The second-order valence-electron chi connectivity index (χ2n) is 17.5. The quantitative estimate of drug-likeness (QED) is 0.0461. The molecule has 0 aliphatic carbocycles. The zero-order valence-corrected chi connectivity index (χ0v) is 50.8. The van der Waals surface area contributed by atoms with Crippen LogP contribution in [0.3, 0.4) is 0 Å². The number of nitrogens with two attached hydrogens (primary N) is 1. The standard InChI is InChI=1S/C14H17NO.C12H12BrNO.C10H12BrNO.C10H10BrN.C10H11BrO2.C5H10O/c1-4-16-12(3)14-7-5-13(6-8-14)9-11(2)10-15;1-9(8-14)6-10-2-4-11(5-3-10)12(15)7-13;1-7(10(12)13)6-8-2-4-9(11)5-3-8;1-8(7-12)6-9-2-4-10(11)5-3-9;1-7(10(12)13)6-8-2-4-9(11)5-3-8;1-4-6-5(2)3/h5-8,11H,3-4,9H2,1-2H3;2-5,9H,6-7H2,1H3;2-5,7H,6H2,1H3,(H2,12,13);2-5,8H,6H2,1H3;2-5,7H,6H2,1H3,(H,12,13);2,4H2,1,3H3/t11-;9-;7-;8-;7-;/m00000./s1. The van der Waals surface area contributed by atoms with Crippen LogP contribution in [0.1, 0.15) is 99.1 Å². The highest BCUT2D eigenvalue weighted by Crippen LogP contribution is 2.18. The van der Waals surface area contributed by atoms with Gasteiger partial charge in [-0.1, -0.05) is 176 Å². The first kappa shape index (κ1) is 69.2. The maximum absolute atomic E-state index is 11.3. The summed E-state index contributed by atoms with van der Waals surface area (Å²) in [6, 6.07) is 45.8. The van der Waals surface area contributed by atoms with Crippen molar-refractivity contribution in [3.05, 3.63) is 193 Å². The van der Waals surface area contributed by atoms with E-state index in [1.807, 2.05) is 170 Å². The summed E-state index contributed by atoms with van der Waals surface area (Å²) in [5.74, 6) is 0.331. The zero-order chi connectivity index (χ0) is 56.9. The summed E-state index contributed by atoms with van der Waals surface area (Å²) in [5.41, 5.74) is 12.5. The number of amides is 1. The highest BCUT2D eigenvalue weighted by molar-refractivity contribution is 9.11. The number of ether oxygens (including phenoxy) is 2. The molecular formula is C61H72Br4N4O6. The number of aliphatic carboxylic acids is 1. The van der Waals surface area contributed by atoms with E-state index < -0.39 is 5.97 Å². The van der Waals surface area contributed by atoms with Gasteiger partial charge in [0.15, 0.2) is 5.78 Å². The van der Waals surface area contributed by atoms with Crippen molar-refractivity contribution < 1.29 is 29.0 Å². The van der Waals surface area contributed by atoms with E-state index >= 15 is 0 Å². The molecule has 0 spiro atoms. The van der Waals surface area contributed by atoms with E-state index in [9.17, 15) is 14.4 Å². The lowest BCUT2D eigenvalue weighted by molar-refractivity contribution is -0.141. The van der Waals surface area contributed by atoms with E-state index in [0.717, 1.165) is 67.3 Å². The number of carboxylic acids is 1. The van der Waals surface area contributed by atoms with Crippen LogP contribution in [0, 0.1) is 63.6 Å². The highest BCUT2D eigenvalue weighted by atomic mass is 79.9. The lowest BCUT2D eigenvalue weighted by Crippen LogP contribution is -2.22. The van der Waals surface area contributed by atoms with Crippen LogP contribution >= 0.6 is 63.7 Å². The Balaban J connectivity index is 0.000000891. The van der Waals surface area contributed by atoms with Crippen molar-refractivity contribution in [3.8, 4) is 18.2 Å². The summed E-state index contributed by atoms with van der Waals surface area (Å²) in [5, 5.41) is 35.0. The van der Waals surface area contributed by atoms with Crippen molar-refractivity contribution in [2.45, 2.75) is 87.5 Å². The molecule has 0 fully saturated rings. The SMILES string of the molecule is C=C(C)OCC.C=C(OCC)c1ccc(C[C@H](C)C#N)cc1.C[C@@H](Cc1ccc(Br)cc1)C(=O)O.C[C@@H](Cc1ccc(Br)cc1)C(N)=O.C[C@H](C#N)Cc1ccc(Br)cc1.C[C@H](C#N)Cc1ccc(C(=O)CBr)cc1. The molecule has 0 aliphatic heterocycles. The second kappa shape index (κ2) is 40.5. The summed E-state index contributed by atoms with van der Waals surface area (Å²) in [6.07, 6.45) is 3.66. The van der Waals surface area contributed by atoms with E-state index in [4.69, 9.17) is 36.1 Å². The van der Waals surface area contributed by atoms with Crippen LogP contribution in [-0.2, 0) is 51.2 Å². The number of nitrogens with zero attached hydrogens (tertiary/aromatic N) is 3. The van der Waals surface area contributed by atoms with E-state index in [0.29, 0.717) is 36.1 Å². The van der Waals surface area contributed by atoms with Crippen LogP contribution in [0.5, 0.6) is 0 Å². The Labute approximate surface area is 480 Å². The fraction of sp³-hybridized carbons (Fsp3) is 0.344. The Morgan fingerprint density at radius 3 is 1.08 bits per heavy atom. The largest absolute Gasteiger partial charge is 0.499 e. The molecule has 1 amide bonds. The molecule has 3 N–H and O–H groups in total. The third kappa shape index (κ3) is 33.7. The number of primary amides is 1. The minimum atomic E-state index is -0.747. The van der Waals surface area contributed by atoms with Gasteiger partial charge in [0.05, 0.1) is 48.4 Å². The Morgan fingerprint density at radius 1 is 0.533 bits per heavy atom. The Bertz CT molecular complexity index is 2520. The van der Waals surface area contributed by atoms with E-state index in [1.165, 1.54) is 11.1 Å². The fourth-order valence-electron chi connectivity index (χ4n) is 6.19. The fourth-order valence-corrected chi connectivity index (χ4v) is 7.31. The molecule has 0 bridgehead atoms. The van der Waals surface area contributed by atoms with Crippen molar-refractivity contribution in [2.24, 2.45) is 35.3 Å². The molecule has 0 aromatic heterocycles. The number of allylic oxidation sites excluding steroid dienone is 1. The van der Waals surface area contributed by atoms with Crippen LogP contribution in [0.15, 0.2) is 154 Å². The molecule has 0 radical (unpaired) electrons. The van der Waals surface area contributed by atoms with Gasteiger partial charge < -0.3 is 20.3 Å². The van der Waals surface area contributed by atoms with Gasteiger partial charge in [0.25, 0.3) is 0 Å². The van der Waals surface area contributed by atoms with Crippen LogP contribution in [0.25, 0.3) is 5.76 Å². The number of alkyl halides is 1. The van der Waals surface area contributed by atoms with E-state index in [1.54, 1.807) is 6.92 Å². The summed E-state index contributed by atoms with van der Waals surface area (Å²) >= 11 is 13.2. The van der Waals surface area contributed by atoms with Crippen LogP contribution < -0.4 is 5.73 Å². The van der Waals surface area contributed by atoms with Gasteiger partial charge in [0.1, 0.15) is 5.76 Å². The summed E-state index contributed by atoms with van der Waals surface area (Å²) in [4.78, 5) is 32.6. The van der Waals surface area contributed by atoms with E-state index in [-0.39, 0.29) is 41.3 Å². The third-order valence-electron chi connectivity index (χ3n) is 10.4. The minimum absolute atomic E-state index is 0.0164. The Kier molecular flexibility index (Phi) is 37.3. The van der Waals surface area contributed by atoms with Crippen molar-refractivity contribution >= 4 is 87.1 Å². The normalized spacial score (nSPS) is 11.7. The van der Waals surface area contributed by atoms with Gasteiger partial charge >= 0.3 is 5.97 Å². The number of carbonyl (C=O) groups excluding carboxylic acids is 2. The molecule has 0 aliphatic rings. The molecule has 75 heavy (non-hydrogen) atoms. The molecule has 5 atom stereocenters. The maximum atomic E-state index is 11.3. The first-order valence-electron chi connectivity index (χ1n) is 24.3. The predicted octanol–water partition coefficient (Wildman–Crippen LogP) is 15.9. The summed E-state index contributed by atoms with van der Waals surface area (Å²) < 4.78 is 13.3. The maximum Gasteiger partial charge on any atom is 0.306 e. The molecule has 0 unspecified atom stereocenters. The van der Waals surface area contributed by atoms with Crippen molar-refractivity contribution in [2.75, 3.05) is 18.5 Å². The lowest BCUT2D eigenvalue weighted by atomic mass is 10.0. The van der Waals surface area contributed by atoms with Crippen LogP contribution in [-0.4, -0.2) is 41.3 Å². The molecule has 5 rings (SSSR count). The molecular weight excluding hydrogens is 1200 g/mol. The van der Waals surface area contributed by atoms with Crippen molar-refractivity contribution in [1.29, 1.82) is 15.8 Å². The molecule has 14 heteroatoms. The third-order valence-corrected chi connectivity index (χ3v) is 12.5. The first-order valence-corrected chi connectivity index (χ1v) is 27.8. The number of ketones is 1. The number of carboxylic acid groups (broad SMARTS) is 1. The lowest BCUT2D eigenvalue weighted by Gasteiger charge is -2.08. The monoisotopic (exact) mass is 1270 g/mol. The topological polar surface area (TPSA) is 187 Å².